The second-order valence-corrected chi connectivity index (χ2v) is 7.36. The van der Waals surface area contributed by atoms with Crippen molar-refractivity contribution in [3.63, 3.8) is 0 Å². The average Bonchev–Trinajstić information content (AvgIpc) is 2.88. The molecular weight excluding hydrogens is 322 g/mol. The first-order chi connectivity index (χ1) is 11.6. The first-order valence-electron chi connectivity index (χ1n) is 7.58. The zero-order chi connectivity index (χ0) is 16.6. The molecule has 0 spiro atoms. The summed E-state index contributed by atoms with van der Waals surface area (Å²) in [4.78, 5) is 0.384. The minimum Gasteiger partial charge on any atom is -0.457 e. The van der Waals surface area contributed by atoms with Crippen molar-refractivity contribution in [1.82, 2.24) is 0 Å². The normalized spacial score (nSPS) is 15.1. The molecule has 0 fully saturated rings. The van der Waals surface area contributed by atoms with Gasteiger partial charge in [0, 0.05) is 0 Å². The predicted octanol–water partition coefficient (Wildman–Crippen LogP) is 4.19. The molecule has 1 aliphatic heterocycles. The summed E-state index contributed by atoms with van der Waals surface area (Å²) in [7, 11) is -3.48. The molecule has 4 nitrogen and oxygen atoms in total. The molecule has 0 saturated carbocycles. The van der Waals surface area contributed by atoms with Gasteiger partial charge in [0.15, 0.2) is 0 Å². The number of hydrogen-bond acceptors (Lipinski definition) is 3. The first kappa shape index (κ1) is 14.8. The molecule has 0 aromatic heterocycles. The van der Waals surface area contributed by atoms with Crippen LogP contribution in [0, 0.1) is 0 Å². The highest BCUT2D eigenvalue weighted by Crippen LogP contribution is 2.35. The van der Waals surface area contributed by atoms with Gasteiger partial charge in [-0.2, -0.15) is 0 Å². The van der Waals surface area contributed by atoms with Crippen molar-refractivity contribution in [2.75, 3.05) is 4.31 Å². The fraction of sp³-hybridized carbons (Fsp3) is 0.0526. The van der Waals surface area contributed by atoms with Crippen molar-refractivity contribution in [2.24, 2.45) is 0 Å². The standard InChI is InChI=1S/C19H15NO3S/c21-24(22)19-9-5-4-6-15(19)14-20(24)16-10-12-18(13-11-16)23-17-7-2-1-3-8-17/h1-13H,14H2. The smallest absolute Gasteiger partial charge is 0.264 e. The van der Waals surface area contributed by atoms with Crippen LogP contribution in [0.15, 0.2) is 83.8 Å². The van der Waals surface area contributed by atoms with Crippen molar-refractivity contribution in [1.29, 1.82) is 0 Å². The van der Waals surface area contributed by atoms with Crippen molar-refractivity contribution >= 4 is 15.7 Å². The van der Waals surface area contributed by atoms with E-state index in [2.05, 4.69) is 0 Å². The van der Waals surface area contributed by atoms with Gasteiger partial charge in [0.1, 0.15) is 11.5 Å². The van der Waals surface area contributed by atoms with E-state index in [0.29, 0.717) is 22.9 Å². The topological polar surface area (TPSA) is 46.6 Å². The largest absolute Gasteiger partial charge is 0.457 e. The van der Waals surface area contributed by atoms with Crippen LogP contribution in [0.2, 0.25) is 0 Å². The number of nitrogens with zero attached hydrogens (tertiary/aromatic N) is 1. The minimum atomic E-state index is -3.48. The second-order valence-electron chi connectivity index (χ2n) is 5.53. The van der Waals surface area contributed by atoms with Crippen LogP contribution in [0.3, 0.4) is 0 Å². The van der Waals surface area contributed by atoms with E-state index in [0.717, 1.165) is 11.3 Å². The van der Waals surface area contributed by atoms with Gasteiger partial charge in [-0.05, 0) is 48.0 Å². The highest BCUT2D eigenvalue weighted by Gasteiger charge is 2.34. The summed E-state index contributed by atoms with van der Waals surface area (Å²) in [5.74, 6) is 1.41. The molecule has 3 aromatic carbocycles. The molecule has 0 saturated heterocycles. The summed E-state index contributed by atoms with van der Waals surface area (Å²) in [6.07, 6.45) is 0. The van der Waals surface area contributed by atoms with Gasteiger partial charge in [0.2, 0.25) is 0 Å². The molecule has 3 aromatic rings. The fourth-order valence-electron chi connectivity index (χ4n) is 2.78. The number of benzene rings is 3. The van der Waals surface area contributed by atoms with Gasteiger partial charge >= 0.3 is 0 Å². The fourth-order valence-corrected chi connectivity index (χ4v) is 4.44. The molecule has 5 heteroatoms. The summed E-state index contributed by atoms with van der Waals surface area (Å²) in [5, 5.41) is 0. The third kappa shape index (κ3) is 2.53. The lowest BCUT2D eigenvalue weighted by atomic mass is 10.2. The van der Waals surface area contributed by atoms with E-state index in [1.807, 2.05) is 42.5 Å². The van der Waals surface area contributed by atoms with E-state index in [9.17, 15) is 8.42 Å². The molecule has 0 radical (unpaired) electrons. The quantitative estimate of drug-likeness (QED) is 0.720. The van der Waals surface area contributed by atoms with Crippen LogP contribution in [0.1, 0.15) is 5.56 Å². The molecule has 0 N–H and O–H groups in total. The maximum absolute atomic E-state index is 12.7. The number of para-hydroxylation sites is 1. The Kier molecular flexibility index (Phi) is 3.50. The van der Waals surface area contributed by atoms with E-state index in [1.54, 1.807) is 36.4 Å². The molecule has 1 heterocycles. The zero-order valence-electron chi connectivity index (χ0n) is 12.8. The van der Waals surface area contributed by atoms with Gasteiger partial charge in [-0.25, -0.2) is 8.42 Å². The van der Waals surface area contributed by atoms with Gasteiger partial charge < -0.3 is 4.74 Å². The van der Waals surface area contributed by atoms with Gasteiger partial charge in [-0.15, -0.1) is 0 Å². The Labute approximate surface area is 141 Å². The van der Waals surface area contributed by atoms with Crippen LogP contribution in [0.25, 0.3) is 0 Å². The van der Waals surface area contributed by atoms with Gasteiger partial charge in [0.25, 0.3) is 10.0 Å². The monoisotopic (exact) mass is 337 g/mol. The second kappa shape index (κ2) is 5.69. The molecule has 0 aliphatic carbocycles. The lowest BCUT2D eigenvalue weighted by Gasteiger charge is -2.17. The molecular formula is C19H15NO3S. The maximum atomic E-state index is 12.7. The van der Waals surface area contributed by atoms with Crippen LogP contribution in [0.5, 0.6) is 11.5 Å². The van der Waals surface area contributed by atoms with E-state index < -0.39 is 10.0 Å². The Morgan fingerprint density at radius 2 is 1.38 bits per heavy atom. The summed E-state index contributed by atoms with van der Waals surface area (Å²) in [6, 6.07) is 23.7. The van der Waals surface area contributed by atoms with Crippen molar-refractivity contribution < 1.29 is 13.2 Å². The van der Waals surface area contributed by atoms with Crippen LogP contribution < -0.4 is 9.04 Å². The third-order valence-corrected chi connectivity index (χ3v) is 5.83. The lowest BCUT2D eigenvalue weighted by molar-refractivity contribution is 0.482. The van der Waals surface area contributed by atoms with Crippen LogP contribution in [-0.2, 0) is 16.6 Å². The molecule has 24 heavy (non-hydrogen) atoms. The summed E-state index contributed by atoms with van der Waals surface area (Å²) >= 11 is 0. The predicted molar refractivity (Wildman–Crippen MR) is 92.8 cm³/mol. The van der Waals surface area contributed by atoms with E-state index in [4.69, 9.17) is 4.74 Å². The highest BCUT2D eigenvalue weighted by atomic mass is 32.2. The molecule has 4 rings (SSSR count). The van der Waals surface area contributed by atoms with E-state index in [-0.39, 0.29) is 0 Å². The maximum Gasteiger partial charge on any atom is 0.264 e. The summed E-state index contributed by atoms with van der Waals surface area (Å²) in [5.41, 5.74) is 1.45. The number of fused-ring (bicyclic) bond motifs is 1. The highest BCUT2D eigenvalue weighted by molar-refractivity contribution is 7.93. The Morgan fingerprint density at radius 3 is 2.08 bits per heavy atom. The number of rotatable bonds is 3. The van der Waals surface area contributed by atoms with E-state index >= 15 is 0 Å². The molecule has 0 bridgehead atoms. The van der Waals surface area contributed by atoms with Crippen molar-refractivity contribution in [2.45, 2.75) is 11.4 Å². The van der Waals surface area contributed by atoms with Gasteiger partial charge in [0.05, 0.1) is 17.1 Å². The molecule has 120 valence electrons. The number of hydrogen-bond donors (Lipinski definition) is 0. The van der Waals surface area contributed by atoms with Crippen molar-refractivity contribution in [3.05, 3.63) is 84.4 Å². The number of ether oxygens (including phenoxy) is 1. The zero-order valence-corrected chi connectivity index (χ0v) is 13.6. The Morgan fingerprint density at radius 1 is 0.750 bits per heavy atom. The van der Waals surface area contributed by atoms with Crippen molar-refractivity contribution in [3.8, 4) is 11.5 Å². The average molecular weight is 337 g/mol. The van der Waals surface area contributed by atoms with Gasteiger partial charge in [-0.1, -0.05) is 36.4 Å². The minimum absolute atomic E-state index is 0.359. The number of sulfonamides is 1. The Hall–Kier alpha value is -2.79. The van der Waals surface area contributed by atoms with Crippen LogP contribution >= 0.6 is 0 Å². The number of anilines is 1. The Balaban J connectivity index is 1.60. The van der Waals surface area contributed by atoms with Crippen LogP contribution in [0.4, 0.5) is 5.69 Å². The molecule has 0 amide bonds. The summed E-state index contributed by atoms with van der Waals surface area (Å²) < 4.78 is 32.5. The Bertz CT molecular complexity index is 967. The first-order valence-corrected chi connectivity index (χ1v) is 9.02. The van der Waals surface area contributed by atoms with Gasteiger partial charge in [-0.3, -0.25) is 4.31 Å². The van der Waals surface area contributed by atoms with Crippen LogP contribution in [-0.4, -0.2) is 8.42 Å². The molecule has 0 unspecified atom stereocenters. The molecule has 1 aliphatic rings. The SMILES string of the molecule is O=S1(=O)c2ccccc2CN1c1ccc(Oc2ccccc2)cc1. The van der Waals surface area contributed by atoms with E-state index in [1.165, 1.54) is 4.31 Å². The lowest BCUT2D eigenvalue weighted by Crippen LogP contribution is -2.23. The summed E-state index contributed by atoms with van der Waals surface area (Å²) in [6.45, 7) is 0.359. The molecule has 0 atom stereocenters. The third-order valence-electron chi connectivity index (χ3n) is 3.96.